The van der Waals surface area contributed by atoms with Gasteiger partial charge in [0, 0.05) is 35.0 Å². The minimum atomic E-state index is 0.0530. The molecule has 0 saturated carbocycles. The number of aromatic amines is 2. The minimum absolute atomic E-state index is 0.0530. The molecule has 0 radical (unpaired) electrons. The molecule has 6 heterocycles. The fourth-order valence-corrected chi connectivity index (χ4v) is 5.47. The molecule has 1 aliphatic heterocycles. The van der Waals surface area contributed by atoms with Crippen LogP contribution in [0.3, 0.4) is 0 Å². The number of nitrogens with zero attached hydrogens (tertiary/aromatic N) is 4. The van der Waals surface area contributed by atoms with Crippen molar-refractivity contribution in [1.82, 2.24) is 35.5 Å². The minimum Gasteiger partial charge on any atom is -0.472 e. The highest BCUT2D eigenvalue weighted by molar-refractivity contribution is 5.95. The fourth-order valence-electron chi connectivity index (χ4n) is 5.47. The number of pyridine rings is 2. The van der Waals surface area contributed by atoms with Gasteiger partial charge in [0.05, 0.1) is 29.3 Å². The first kappa shape index (κ1) is 24.2. The maximum Gasteiger partial charge on any atom is 0.224 e. The predicted octanol–water partition coefficient (Wildman–Crippen LogP) is 5.46. The lowest BCUT2D eigenvalue weighted by Crippen LogP contribution is -2.30. The highest BCUT2D eigenvalue weighted by Gasteiger charge is 2.19. The zero-order valence-electron chi connectivity index (χ0n) is 22.0. The molecule has 4 N–H and O–H groups in total. The summed E-state index contributed by atoms with van der Waals surface area (Å²) in [6.07, 6.45) is 7.68. The second kappa shape index (κ2) is 10.0. The van der Waals surface area contributed by atoms with Crippen LogP contribution >= 0.6 is 0 Å². The zero-order chi connectivity index (χ0) is 27.1. The summed E-state index contributed by atoms with van der Waals surface area (Å²) >= 11 is 0. The largest absolute Gasteiger partial charge is 0.472 e. The van der Waals surface area contributed by atoms with Gasteiger partial charge in [-0.3, -0.25) is 9.89 Å². The molecule has 1 saturated heterocycles. The van der Waals surface area contributed by atoms with E-state index < -0.39 is 0 Å². The van der Waals surface area contributed by atoms with Crippen LogP contribution in [0.5, 0.6) is 0 Å². The Balaban J connectivity index is 1.21. The number of imidazole rings is 1. The average Bonchev–Trinajstić information content (AvgIpc) is 3.72. The summed E-state index contributed by atoms with van der Waals surface area (Å²) in [6, 6.07) is 13.8. The van der Waals surface area contributed by atoms with Gasteiger partial charge in [-0.2, -0.15) is 5.10 Å². The monoisotopic (exact) mass is 532 g/mol. The lowest BCUT2D eigenvalue weighted by atomic mass is 9.94. The van der Waals surface area contributed by atoms with E-state index in [2.05, 4.69) is 36.9 Å². The summed E-state index contributed by atoms with van der Waals surface area (Å²) in [5, 5.41) is 14.1. The fraction of sp³-hybridized carbons (Fsp3) is 0.233. The Hall–Kier alpha value is -4.83. The Kier molecular flexibility index (Phi) is 6.09. The molecule has 7 rings (SSSR count). The van der Waals surface area contributed by atoms with Gasteiger partial charge >= 0.3 is 0 Å². The van der Waals surface area contributed by atoms with Crippen LogP contribution in [0.2, 0.25) is 0 Å². The van der Waals surface area contributed by atoms with Crippen molar-refractivity contribution in [3.63, 3.8) is 0 Å². The standard InChI is InChI=1S/C30H28N8O2/c1-17-12-20(15-21(13-17)33-25(39)14-18-4-8-31-9-5-18)23-2-3-24-27(34-23)28(38-37-24)30-35-26-22(19-7-11-40-16-19)6-10-32-29(26)36-30/h2-3,6-7,10-13,15-16,18,31H,4-5,8-9,14H2,1H3,(H,33,39)(H,37,38)(H,32,35,36). The topological polar surface area (TPSA) is 137 Å². The summed E-state index contributed by atoms with van der Waals surface area (Å²) in [5.41, 5.74) is 8.88. The van der Waals surface area contributed by atoms with E-state index in [0.717, 1.165) is 70.6 Å². The molecule has 200 valence electrons. The van der Waals surface area contributed by atoms with Crippen LogP contribution in [-0.2, 0) is 4.79 Å². The molecule has 0 atom stereocenters. The number of carbonyl (C=O) groups is 1. The number of amides is 1. The van der Waals surface area contributed by atoms with Crippen LogP contribution < -0.4 is 10.6 Å². The maximum absolute atomic E-state index is 12.8. The quantitative estimate of drug-likeness (QED) is 0.223. The molecule has 40 heavy (non-hydrogen) atoms. The Bertz CT molecular complexity index is 1830. The van der Waals surface area contributed by atoms with Crippen molar-refractivity contribution < 1.29 is 9.21 Å². The first-order chi connectivity index (χ1) is 19.6. The highest BCUT2D eigenvalue weighted by atomic mass is 16.3. The van der Waals surface area contributed by atoms with Crippen molar-refractivity contribution >= 4 is 33.8 Å². The smallest absolute Gasteiger partial charge is 0.224 e. The van der Waals surface area contributed by atoms with E-state index in [9.17, 15) is 4.79 Å². The first-order valence-corrected chi connectivity index (χ1v) is 13.5. The van der Waals surface area contributed by atoms with E-state index in [1.165, 1.54) is 0 Å². The van der Waals surface area contributed by atoms with Crippen molar-refractivity contribution in [2.24, 2.45) is 5.92 Å². The molecule has 0 unspecified atom stereocenters. The molecule has 1 aliphatic rings. The maximum atomic E-state index is 12.8. The number of carbonyl (C=O) groups excluding carboxylic acids is 1. The second-order valence-electron chi connectivity index (χ2n) is 10.4. The van der Waals surface area contributed by atoms with Gasteiger partial charge in [-0.1, -0.05) is 0 Å². The van der Waals surface area contributed by atoms with Crippen molar-refractivity contribution in [2.75, 3.05) is 18.4 Å². The van der Waals surface area contributed by atoms with Crippen LogP contribution in [0, 0.1) is 12.8 Å². The van der Waals surface area contributed by atoms with Gasteiger partial charge in [-0.15, -0.1) is 0 Å². The number of anilines is 1. The summed E-state index contributed by atoms with van der Waals surface area (Å²) in [6.45, 7) is 3.98. The number of nitrogens with one attached hydrogen (secondary N) is 4. The van der Waals surface area contributed by atoms with Crippen molar-refractivity contribution in [3.05, 3.63) is 66.8 Å². The van der Waals surface area contributed by atoms with E-state index in [-0.39, 0.29) is 5.91 Å². The number of piperidine rings is 1. The van der Waals surface area contributed by atoms with E-state index in [1.54, 1.807) is 18.7 Å². The first-order valence-electron chi connectivity index (χ1n) is 13.5. The molecular weight excluding hydrogens is 504 g/mol. The molecule has 6 aromatic rings. The number of fused-ring (bicyclic) bond motifs is 2. The second-order valence-corrected chi connectivity index (χ2v) is 10.4. The number of hydrogen-bond donors (Lipinski definition) is 4. The average molecular weight is 533 g/mol. The van der Waals surface area contributed by atoms with Crippen LogP contribution in [0.25, 0.3) is 56.1 Å². The Morgan fingerprint density at radius 1 is 1.07 bits per heavy atom. The van der Waals surface area contributed by atoms with Crippen molar-refractivity contribution in [2.45, 2.75) is 26.2 Å². The van der Waals surface area contributed by atoms with Crippen molar-refractivity contribution in [1.29, 1.82) is 0 Å². The van der Waals surface area contributed by atoms with E-state index in [0.29, 0.717) is 35.0 Å². The van der Waals surface area contributed by atoms with Crippen LogP contribution in [0.4, 0.5) is 5.69 Å². The van der Waals surface area contributed by atoms with E-state index in [4.69, 9.17) is 14.4 Å². The molecule has 1 fully saturated rings. The molecule has 0 aliphatic carbocycles. The van der Waals surface area contributed by atoms with Gasteiger partial charge in [0.15, 0.2) is 17.2 Å². The lowest BCUT2D eigenvalue weighted by molar-refractivity contribution is -0.117. The summed E-state index contributed by atoms with van der Waals surface area (Å²) in [7, 11) is 0. The van der Waals surface area contributed by atoms with Gasteiger partial charge in [-0.05, 0) is 86.8 Å². The molecule has 10 nitrogen and oxygen atoms in total. The van der Waals surface area contributed by atoms with Crippen LogP contribution in [-0.4, -0.2) is 49.1 Å². The molecule has 1 amide bonds. The summed E-state index contributed by atoms with van der Waals surface area (Å²) in [4.78, 5) is 30.3. The molecule has 0 spiro atoms. The molecule has 0 bridgehead atoms. The SMILES string of the molecule is Cc1cc(NC(=O)CC2CCNCC2)cc(-c2ccc3[nH]nc(-c4nc5nccc(-c6ccoc6)c5[nH]4)c3n2)c1. The molecule has 10 heteroatoms. The molecule has 5 aromatic heterocycles. The number of aromatic nitrogens is 6. The predicted molar refractivity (Wildman–Crippen MR) is 153 cm³/mol. The number of aryl methyl sites for hydroxylation is 1. The van der Waals surface area contributed by atoms with E-state index >= 15 is 0 Å². The highest BCUT2D eigenvalue weighted by Crippen LogP contribution is 2.32. The van der Waals surface area contributed by atoms with Crippen LogP contribution in [0.15, 0.2) is 65.6 Å². The third-order valence-electron chi connectivity index (χ3n) is 7.45. The Morgan fingerprint density at radius 2 is 1.98 bits per heavy atom. The number of hydrogen-bond acceptors (Lipinski definition) is 7. The Morgan fingerprint density at radius 3 is 2.83 bits per heavy atom. The van der Waals surface area contributed by atoms with E-state index in [1.807, 2.05) is 43.3 Å². The molecular formula is C30H28N8O2. The third kappa shape index (κ3) is 4.62. The lowest BCUT2D eigenvalue weighted by Gasteiger charge is -2.22. The van der Waals surface area contributed by atoms with Crippen molar-refractivity contribution in [3.8, 4) is 33.9 Å². The number of benzene rings is 1. The number of rotatable bonds is 6. The number of H-pyrrole nitrogens is 2. The van der Waals surface area contributed by atoms with Gasteiger partial charge in [0.1, 0.15) is 5.52 Å². The van der Waals surface area contributed by atoms with Gasteiger partial charge in [-0.25, -0.2) is 15.0 Å². The van der Waals surface area contributed by atoms with Gasteiger partial charge in [0.25, 0.3) is 0 Å². The summed E-state index contributed by atoms with van der Waals surface area (Å²) in [5.74, 6) is 1.06. The zero-order valence-corrected chi connectivity index (χ0v) is 22.0. The number of furan rings is 1. The van der Waals surface area contributed by atoms with Gasteiger partial charge in [0.2, 0.25) is 5.91 Å². The van der Waals surface area contributed by atoms with Crippen LogP contribution in [0.1, 0.15) is 24.8 Å². The third-order valence-corrected chi connectivity index (χ3v) is 7.45. The Labute approximate surface area is 229 Å². The summed E-state index contributed by atoms with van der Waals surface area (Å²) < 4.78 is 5.27. The normalized spacial score (nSPS) is 14.2. The van der Waals surface area contributed by atoms with Gasteiger partial charge < -0.3 is 20.0 Å². The molecule has 1 aromatic carbocycles.